The Morgan fingerprint density at radius 3 is 3.10 bits per heavy atom. The lowest BCUT2D eigenvalue weighted by atomic mass is 10.1. The van der Waals surface area contributed by atoms with Crippen molar-refractivity contribution in [3.8, 4) is 0 Å². The van der Waals surface area contributed by atoms with Crippen molar-refractivity contribution >= 4 is 11.5 Å². The number of rotatable bonds is 5. The SMILES string of the molecule is CCN1CCOC(CN(C)c2cccc(C(N)=NO)c2)C1. The zero-order valence-corrected chi connectivity index (χ0v) is 12.7. The molecule has 1 atom stereocenters. The van der Waals surface area contributed by atoms with Gasteiger partial charge < -0.3 is 20.6 Å². The number of hydrogen-bond donors (Lipinski definition) is 2. The first-order chi connectivity index (χ1) is 10.1. The minimum atomic E-state index is 0.122. The summed E-state index contributed by atoms with van der Waals surface area (Å²) >= 11 is 0. The maximum atomic E-state index is 8.76. The Morgan fingerprint density at radius 2 is 2.38 bits per heavy atom. The molecular weight excluding hydrogens is 268 g/mol. The molecule has 21 heavy (non-hydrogen) atoms. The van der Waals surface area contributed by atoms with Crippen molar-refractivity contribution in [1.82, 2.24) is 4.90 Å². The van der Waals surface area contributed by atoms with E-state index in [0.29, 0.717) is 5.56 Å². The van der Waals surface area contributed by atoms with Gasteiger partial charge in [-0.15, -0.1) is 0 Å². The molecule has 6 heteroatoms. The molecule has 116 valence electrons. The van der Waals surface area contributed by atoms with Crippen LogP contribution >= 0.6 is 0 Å². The minimum Gasteiger partial charge on any atom is -0.409 e. The first-order valence-electron chi connectivity index (χ1n) is 7.27. The second kappa shape index (κ2) is 7.28. The van der Waals surface area contributed by atoms with Gasteiger partial charge in [-0.1, -0.05) is 24.2 Å². The van der Waals surface area contributed by atoms with E-state index in [-0.39, 0.29) is 11.9 Å². The molecule has 1 saturated heterocycles. The molecule has 1 aromatic rings. The highest BCUT2D eigenvalue weighted by Gasteiger charge is 2.20. The maximum absolute atomic E-state index is 8.76. The van der Waals surface area contributed by atoms with Crippen LogP contribution in [0.25, 0.3) is 0 Å². The molecule has 1 aliphatic heterocycles. The summed E-state index contributed by atoms with van der Waals surface area (Å²) in [6, 6.07) is 7.64. The number of hydrogen-bond acceptors (Lipinski definition) is 5. The molecule has 0 aliphatic carbocycles. The zero-order chi connectivity index (χ0) is 15.2. The largest absolute Gasteiger partial charge is 0.409 e. The quantitative estimate of drug-likeness (QED) is 0.366. The van der Waals surface area contributed by atoms with Gasteiger partial charge in [0, 0.05) is 37.9 Å². The third-order valence-electron chi connectivity index (χ3n) is 3.84. The predicted molar refractivity (Wildman–Crippen MR) is 84.1 cm³/mol. The fourth-order valence-electron chi connectivity index (χ4n) is 2.55. The normalized spacial score (nSPS) is 20.5. The Morgan fingerprint density at radius 1 is 1.57 bits per heavy atom. The van der Waals surface area contributed by atoms with E-state index in [9.17, 15) is 0 Å². The summed E-state index contributed by atoms with van der Waals surface area (Å²) in [4.78, 5) is 4.53. The zero-order valence-electron chi connectivity index (χ0n) is 12.7. The lowest BCUT2D eigenvalue weighted by Crippen LogP contribution is -2.46. The third kappa shape index (κ3) is 4.09. The second-order valence-corrected chi connectivity index (χ2v) is 5.30. The van der Waals surface area contributed by atoms with Gasteiger partial charge in [-0.05, 0) is 18.7 Å². The monoisotopic (exact) mass is 292 g/mol. The molecule has 3 N–H and O–H groups in total. The van der Waals surface area contributed by atoms with Crippen LogP contribution in [0.5, 0.6) is 0 Å². The van der Waals surface area contributed by atoms with Crippen LogP contribution in [0.3, 0.4) is 0 Å². The standard InChI is InChI=1S/C15H24N4O2/c1-3-19-7-8-21-14(11-19)10-18(2)13-6-4-5-12(9-13)15(16)17-20/h4-6,9,14,20H,3,7-8,10-11H2,1-2H3,(H2,16,17). The summed E-state index contributed by atoms with van der Waals surface area (Å²) in [7, 11) is 2.03. The summed E-state index contributed by atoms with van der Waals surface area (Å²) in [5, 5.41) is 11.8. The topological polar surface area (TPSA) is 74.3 Å². The Hall–Kier alpha value is -1.79. The first-order valence-corrected chi connectivity index (χ1v) is 7.27. The van der Waals surface area contributed by atoms with Gasteiger partial charge in [0.1, 0.15) is 0 Å². The van der Waals surface area contributed by atoms with E-state index in [1.165, 1.54) is 0 Å². The number of benzene rings is 1. The van der Waals surface area contributed by atoms with E-state index < -0.39 is 0 Å². The van der Waals surface area contributed by atoms with Crippen LogP contribution in [0.1, 0.15) is 12.5 Å². The Labute approximate surface area is 125 Å². The van der Waals surface area contributed by atoms with Crippen LogP contribution in [0.4, 0.5) is 5.69 Å². The molecule has 0 saturated carbocycles. The molecule has 1 heterocycles. The molecule has 6 nitrogen and oxygen atoms in total. The van der Waals surface area contributed by atoms with E-state index in [1.807, 2.05) is 31.3 Å². The van der Waals surface area contributed by atoms with E-state index in [2.05, 4.69) is 21.9 Å². The van der Waals surface area contributed by atoms with Crippen molar-refractivity contribution in [3.05, 3.63) is 29.8 Å². The van der Waals surface area contributed by atoms with Gasteiger partial charge in [0.2, 0.25) is 0 Å². The number of ether oxygens (including phenoxy) is 1. The molecule has 1 aliphatic rings. The molecular formula is C15H24N4O2. The first kappa shape index (κ1) is 15.6. The summed E-state index contributed by atoms with van der Waals surface area (Å²) in [5.74, 6) is 0.122. The number of likely N-dealkylation sites (N-methyl/N-ethyl adjacent to an activating group) is 2. The third-order valence-corrected chi connectivity index (χ3v) is 3.84. The highest BCUT2D eigenvalue weighted by atomic mass is 16.5. The number of nitrogens with two attached hydrogens (primary N) is 1. The van der Waals surface area contributed by atoms with Gasteiger partial charge in [-0.2, -0.15) is 0 Å². The van der Waals surface area contributed by atoms with E-state index >= 15 is 0 Å². The molecule has 1 aromatic carbocycles. The maximum Gasteiger partial charge on any atom is 0.170 e. The smallest absolute Gasteiger partial charge is 0.170 e. The summed E-state index contributed by atoms with van der Waals surface area (Å²) in [5.41, 5.74) is 7.37. The van der Waals surface area contributed by atoms with Crippen LogP contribution < -0.4 is 10.6 Å². The number of oxime groups is 1. The summed E-state index contributed by atoms with van der Waals surface area (Å²) < 4.78 is 5.83. The van der Waals surface area contributed by atoms with E-state index in [0.717, 1.165) is 38.5 Å². The van der Waals surface area contributed by atoms with Crippen molar-refractivity contribution < 1.29 is 9.94 Å². The van der Waals surface area contributed by atoms with Crippen molar-refractivity contribution in [2.75, 3.05) is 44.7 Å². The predicted octanol–water partition coefficient (Wildman–Crippen LogP) is 0.938. The average molecular weight is 292 g/mol. The molecule has 0 bridgehead atoms. The van der Waals surface area contributed by atoms with Gasteiger partial charge in [0.15, 0.2) is 5.84 Å². The number of morpholine rings is 1. The van der Waals surface area contributed by atoms with Crippen molar-refractivity contribution in [2.45, 2.75) is 13.0 Å². The number of amidine groups is 1. The fourth-order valence-corrected chi connectivity index (χ4v) is 2.55. The highest BCUT2D eigenvalue weighted by Crippen LogP contribution is 2.16. The van der Waals surface area contributed by atoms with E-state index in [1.54, 1.807) is 0 Å². The van der Waals surface area contributed by atoms with Crippen molar-refractivity contribution in [1.29, 1.82) is 0 Å². The Bertz CT molecular complexity index is 492. The fraction of sp³-hybridized carbons (Fsp3) is 0.533. The van der Waals surface area contributed by atoms with Crippen molar-refractivity contribution in [2.24, 2.45) is 10.9 Å². The Kier molecular flexibility index (Phi) is 5.41. The molecule has 0 spiro atoms. The number of nitrogens with zero attached hydrogens (tertiary/aromatic N) is 3. The van der Waals surface area contributed by atoms with E-state index in [4.69, 9.17) is 15.7 Å². The highest BCUT2D eigenvalue weighted by molar-refractivity contribution is 5.97. The van der Waals surface area contributed by atoms with Crippen LogP contribution in [0.15, 0.2) is 29.4 Å². The molecule has 1 fully saturated rings. The van der Waals surface area contributed by atoms with Crippen molar-refractivity contribution in [3.63, 3.8) is 0 Å². The average Bonchev–Trinajstić information content (AvgIpc) is 2.54. The number of anilines is 1. The molecule has 2 rings (SSSR count). The minimum absolute atomic E-state index is 0.122. The van der Waals surface area contributed by atoms with Gasteiger partial charge in [0.25, 0.3) is 0 Å². The molecule has 0 aromatic heterocycles. The van der Waals surface area contributed by atoms with Crippen LogP contribution in [-0.4, -0.2) is 61.9 Å². The second-order valence-electron chi connectivity index (χ2n) is 5.30. The van der Waals surface area contributed by atoms with Gasteiger partial charge in [-0.25, -0.2) is 0 Å². The lowest BCUT2D eigenvalue weighted by Gasteiger charge is -2.34. The molecule has 0 amide bonds. The summed E-state index contributed by atoms with van der Waals surface area (Å²) in [6.45, 7) is 6.80. The van der Waals surface area contributed by atoms with Crippen LogP contribution in [0, 0.1) is 0 Å². The van der Waals surface area contributed by atoms with Crippen LogP contribution in [0.2, 0.25) is 0 Å². The molecule has 0 radical (unpaired) electrons. The van der Waals surface area contributed by atoms with Gasteiger partial charge >= 0.3 is 0 Å². The van der Waals surface area contributed by atoms with Crippen LogP contribution in [-0.2, 0) is 4.74 Å². The Balaban J connectivity index is 2.01. The van der Waals surface area contributed by atoms with Gasteiger partial charge in [0.05, 0.1) is 12.7 Å². The van der Waals surface area contributed by atoms with Gasteiger partial charge in [-0.3, -0.25) is 4.90 Å². The summed E-state index contributed by atoms with van der Waals surface area (Å²) in [6.07, 6.45) is 0.205. The molecule has 1 unspecified atom stereocenters. The lowest BCUT2D eigenvalue weighted by molar-refractivity contribution is -0.0216.